The molecule has 0 saturated carbocycles. The maximum atomic E-state index is 12.7. The molecule has 3 amide bonds. The number of benzene rings is 2. The lowest BCUT2D eigenvalue weighted by molar-refractivity contribution is -0.385. The molecule has 2 aromatic carbocycles. The first-order valence-electron chi connectivity index (χ1n) is 10.4. The number of nitrogens with zero attached hydrogens (tertiary/aromatic N) is 3. The second-order valence-corrected chi connectivity index (χ2v) is 10.1. The van der Waals surface area contributed by atoms with Gasteiger partial charge >= 0.3 is 0 Å². The van der Waals surface area contributed by atoms with Crippen LogP contribution in [0.15, 0.2) is 47.4 Å². The van der Waals surface area contributed by atoms with Gasteiger partial charge in [-0.3, -0.25) is 29.4 Å². The standard InChI is InChI=1S/C22H24N4O7S/c1-13(2)24(4)34(32,33)16-10-8-15(9-11-16)12-23-20(27)14(3)25-21(28)17-6-5-7-18(26(30)31)19(17)22(25)29/h5-11,13-14H,12H2,1-4H3,(H,23,27). The fourth-order valence-corrected chi connectivity index (χ4v) is 4.83. The fraction of sp³-hybridized carbons (Fsp3) is 0.318. The molecule has 0 aromatic heterocycles. The lowest BCUT2D eigenvalue weighted by atomic mass is 10.1. The minimum Gasteiger partial charge on any atom is -0.350 e. The van der Waals surface area contributed by atoms with Crippen LogP contribution < -0.4 is 5.32 Å². The third-order valence-corrected chi connectivity index (χ3v) is 7.73. The summed E-state index contributed by atoms with van der Waals surface area (Å²) in [6, 6.07) is 8.28. The molecule has 11 nitrogen and oxygen atoms in total. The van der Waals surface area contributed by atoms with Crippen LogP contribution >= 0.6 is 0 Å². The largest absolute Gasteiger partial charge is 0.350 e. The minimum absolute atomic E-state index is 0.0207. The fourth-order valence-electron chi connectivity index (χ4n) is 3.47. The van der Waals surface area contributed by atoms with Crippen molar-refractivity contribution in [1.29, 1.82) is 0 Å². The molecule has 0 saturated heterocycles. The minimum atomic E-state index is -3.64. The van der Waals surface area contributed by atoms with E-state index in [1.165, 1.54) is 42.5 Å². The average molecular weight is 489 g/mol. The van der Waals surface area contributed by atoms with Crippen molar-refractivity contribution in [1.82, 2.24) is 14.5 Å². The highest BCUT2D eigenvalue weighted by molar-refractivity contribution is 7.89. The Balaban J connectivity index is 1.70. The van der Waals surface area contributed by atoms with Crippen LogP contribution in [-0.4, -0.2) is 59.4 Å². The summed E-state index contributed by atoms with van der Waals surface area (Å²) in [6.07, 6.45) is 0. The van der Waals surface area contributed by atoms with Gasteiger partial charge in [0.2, 0.25) is 15.9 Å². The quantitative estimate of drug-likeness (QED) is 0.339. The highest BCUT2D eigenvalue weighted by atomic mass is 32.2. The summed E-state index contributed by atoms with van der Waals surface area (Å²) in [6.45, 7) is 4.89. The lowest BCUT2D eigenvalue weighted by Crippen LogP contribution is -2.47. The van der Waals surface area contributed by atoms with Crippen molar-refractivity contribution in [3.8, 4) is 0 Å². The number of rotatable bonds is 8. The van der Waals surface area contributed by atoms with E-state index in [4.69, 9.17) is 0 Å². The average Bonchev–Trinajstić information content (AvgIpc) is 3.06. The molecule has 1 atom stereocenters. The van der Waals surface area contributed by atoms with Gasteiger partial charge in [-0.05, 0) is 44.5 Å². The van der Waals surface area contributed by atoms with E-state index in [0.29, 0.717) is 10.5 Å². The highest BCUT2D eigenvalue weighted by Crippen LogP contribution is 2.31. The number of nitro benzene ring substituents is 1. The van der Waals surface area contributed by atoms with E-state index in [0.717, 1.165) is 6.07 Å². The predicted molar refractivity (Wildman–Crippen MR) is 121 cm³/mol. The van der Waals surface area contributed by atoms with Crippen LogP contribution in [0.2, 0.25) is 0 Å². The summed E-state index contributed by atoms with van der Waals surface area (Å²) in [5.74, 6) is -2.33. The third kappa shape index (κ3) is 4.41. The van der Waals surface area contributed by atoms with Crippen LogP contribution in [0.25, 0.3) is 0 Å². The van der Waals surface area contributed by atoms with Crippen LogP contribution in [0, 0.1) is 10.1 Å². The number of carbonyl (C=O) groups is 3. The van der Waals surface area contributed by atoms with E-state index in [1.807, 2.05) is 0 Å². The van der Waals surface area contributed by atoms with Gasteiger partial charge in [-0.15, -0.1) is 0 Å². The number of hydrogen-bond donors (Lipinski definition) is 1. The van der Waals surface area contributed by atoms with Crippen LogP contribution in [-0.2, 0) is 21.4 Å². The van der Waals surface area contributed by atoms with Crippen molar-refractivity contribution >= 4 is 33.4 Å². The van der Waals surface area contributed by atoms with Crippen molar-refractivity contribution in [3.63, 3.8) is 0 Å². The molecule has 180 valence electrons. The molecule has 12 heteroatoms. The van der Waals surface area contributed by atoms with Crippen molar-refractivity contribution in [2.24, 2.45) is 0 Å². The van der Waals surface area contributed by atoms with Crippen LogP contribution in [0.3, 0.4) is 0 Å². The molecule has 1 N–H and O–H groups in total. The van der Waals surface area contributed by atoms with Gasteiger partial charge in [0.15, 0.2) is 0 Å². The Morgan fingerprint density at radius 1 is 1.09 bits per heavy atom. The van der Waals surface area contributed by atoms with Gasteiger partial charge < -0.3 is 5.32 Å². The van der Waals surface area contributed by atoms with E-state index >= 15 is 0 Å². The number of nitrogens with one attached hydrogen (secondary N) is 1. The SMILES string of the molecule is CC(C(=O)NCc1ccc(S(=O)(=O)N(C)C(C)C)cc1)N1C(=O)c2cccc([N+](=O)[O-])c2C1=O. The van der Waals surface area contributed by atoms with E-state index in [9.17, 15) is 32.9 Å². The Morgan fingerprint density at radius 3 is 2.26 bits per heavy atom. The molecular formula is C22H24N4O7S. The molecule has 34 heavy (non-hydrogen) atoms. The van der Waals surface area contributed by atoms with Crippen LogP contribution in [0.5, 0.6) is 0 Å². The van der Waals surface area contributed by atoms with Gasteiger partial charge in [-0.25, -0.2) is 8.42 Å². The first kappa shape index (κ1) is 25.0. The van der Waals surface area contributed by atoms with Gasteiger partial charge in [-0.1, -0.05) is 18.2 Å². The van der Waals surface area contributed by atoms with Gasteiger partial charge in [-0.2, -0.15) is 4.31 Å². The van der Waals surface area contributed by atoms with Gasteiger partial charge in [0.05, 0.1) is 15.4 Å². The first-order valence-corrected chi connectivity index (χ1v) is 11.8. The molecular weight excluding hydrogens is 464 g/mol. The van der Waals surface area contributed by atoms with Crippen molar-refractivity contribution in [2.75, 3.05) is 7.05 Å². The molecule has 1 unspecified atom stereocenters. The maximum absolute atomic E-state index is 12.7. The normalized spacial score (nSPS) is 14.5. The molecule has 1 aliphatic rings. The van der Waals surface area contributed by atoms with E-state index in [2.05, 4.69) is 5.32 Å². The number of carbonyl (C=O) groups excluding carboxylic acids is 3. The molecule has 0 fully saturated rings. The topological polar surface area (TPSA) is 147 Å². The van der Waals surface area contributed by atoms with Gasteiger partial charge in [0.25, 0.3) is 17.5 Å². The van der Waals surface area contributed by atoms with E-state index in [-0.39, 0.29) is 28.6 Å². The number of amides is 3. The first-order chi connectivity index (χ1) is 15.9. The zero-order valence-corrected chi connectivity index (χ0v) is 19.8. The number of sulfonamides is 1. The Bertz CT molecular complexity index is 1270. The second-order valence-electron chi connectivity index (χ2n) is 8.09. The van der Waals surface area contributed by atoms with Gasteiger partial charge in [0.1, 0.15) is 11.6 Å². The Kier molecular flexibility index (Phi) is 6.84. The summed E-state index contributed by atoms with van der Waals surface area (Å²) in [4.78, 5) is 49.4. The number of hydrogen-bond acceptors (Lipinski definition) is 7. The predicted octanol–water partition coefficient (Wildman–Crippen LogP) is 1.92. The lowest BCUT2D eigenvalue weighted by Gasteiger charge is -2.22. The summed E-state index contributed by atoms with van der Waals surface area (Å²) in [7, 11) is -2.15. The molecule has 0 radical (unpaired) electrons. The van der Waals surface area contributed by atoms with Crippen LogP contribution in [0.4, 0.5) is 5.69 Å². The Hall–Kier alpha value is -3.64. The van der Waals surface area contributed by atoms with E-state index in [1.54, 1.807) is 26.0 Å². The smallest absolute Gasteiger partial charge is 0.282 e. The summed E-state index contributed by atoms with van der Waals surface area (Å²) < 4.78 is 26.4. The molecule has 1 aliphatic heterocycles. The molecule has 3 rings (SSSR count). The Morgan fingerprint density at radius 2 is 1.71 bits per heavy atom. The summed E-state index contributed by atoms with van der Waals surface area (Å²) >= 11 is 0. The monoisotopic (exact) mass is 488 g/mol. The number of nitro groups is 1. The highest BCUT2D eigenvalue weighted by Gasteiger charge is 2.44. The number of imide groups is 1. The summed E-state index contributed by atoms with van der Waals surface area (Å²) in [5.41, 5.74) is -0.351. The molecule has 0 spiro atoms. The zero-order valence-electron chi connectivity index (χ0n) is 19.0. The summed E-state index contributed by atoms with van der Waals surface area (Å²) in [5, 5.41) is 13.8. The third-order valence-electron chi connectivity index (χ3n) is 5.68. The molecule has 1 heterocycles. The van der Waals surface area contributed by atoms with Gasteiger partial charge in [0, 0.05) is 25.7 Å². The van der Waals surface area contributed by atoms with Crippen molar-refractivity contribution < 1.29 is 27.7 Å². The molecule has 0 bridgehead atoms. The Labute approximate surface area is 196 Å². The number of fused-ring (bicyclic) bond motifs is 1. The van der Waals surface area contributed by atoms with Crippen molar-refractivity contribution in [3.05, 3.63) is 69.3 Å². The molecule has 2 aromatic rings. The maximum Gasteiger partial charge on any atom is 0.282 e. The molecule has 0 aliphatic carbocycles. The van der Waals surface area contributed by atoms with Crippen LogP contribution in [0.1, 0.15) is 47.1 Å². The zero-order chi connectivity index (χ0) is 25.4. The van der Waals surface area contributed by atoms with E-state index < -0.39 is 44.4 Å². The van der Waals surface area contributed by atoms with Crippen molar-refractivity contribution in [2.45, 2.75) is 44.3 Å². The second kappa shape index (κ2) is 9.31.